The van der Waals surface area contributed by atoms with Gasteiger partial charge in [0.1, 0.15) is 21.7 Å². The molecule has 0 unspecified atom stereocenters. The summed E-state index contributed by atoms with van der Waals surface area (Å²) >= 11 is 0.520. The van der Waals surface area contributed by atoms with Crippen molar-refractivity contribution >= 4 is 33.7 Å². The second kappa shape index (κ2) is 11.7. The molecule has 0 radical (unpaired) electrons. The number of ether oxygens (including phenoxy) is 3. The minimum absolute atomic E-state index is 0.0225. The van der Waals surface area contributed by atoms with E-state index in [0.29, 0.717) is 28.3 Å². The molecule has 220 valence electrons. The lowest BCUT2D eigenvalue weighted by atomic mass is 9.83. The Morgan fingerprint density at radius 2 is 1.70 bits per heavy atom. The Morgan fingerprint density at radius 3 is 2.23 bits per heavy atom. The van der Waals surface area contributed by atoms with Crippen molar-refractivity contribution in [1.82, 2.24) is 14.9 Å². The quantitative estimate of drug-likeness (QED) is 0.291. The van der Waals surface area contributed by atoms with Gasteiger partial charge in [0.25, 0.3) is 0 Å². The highest BCUT2D eigenvalue weighted by atomic mass is 32.1. The molecule has 40 heavy (non-hydrogen) atoms. The first-order valence-corrected chi connectivity index (χ1v) is 13.6. The highest BCUT2D eigenvalue weighted by molar-refractivity contribution is 7.18. The largest absolute Gasteiger partial charge is 0.497 e. The van der Waals surface area contributed by atoms with E-state index in [9.17, 15) is 22.8 Å². The van der Waals surface area contributed by atoms with Crippen LogP contribution in [-0.2, 0) is 38.8 Å². The predicted molar refractivity (Wildman–Crippen MR) is 147 cm³/mol. The molecular weight excluding hydrogens is 547 g/mol. The standard InChI is InChI=1S/C28H36F3N3O5S/c1-16(2)38-20(35)13-19-21(27(6,7)15-32-25(36)39-26(3,4)5)22-23(40-24(33-22)28(29,30)31)34(19)14-17-9-11-18(37-8)12-10-17/h9-12,16H,13-15H2,1-8H3,(H,32,36). The van der Waals surface area contributed by atoms with Crippen molar-refractivity contribution in [3.8, 4) is 5.75 Å². The summed E-state index contributed by atoms with van der Waals surface area (Å²) in [6.45, 7) is 12.4. The minimum atomic E-state index is -4.65. The fourth-order valence-electron chi connectivity index (χ4n) is 4.29. The van der Waals surface area contributed by atoms with Crippen molar-refractivity contribution in [2.75, 3.05) is 13.7 Å². The number of benzene rings is 1. The number of methoxy groups -OCH3 is 1. The topological polar surface area (TPSA) is 91.7 Å². The fraction of sp³-hybridized carbons (Fsp3) is 0.536. The van der Waals surface area contributed by atoms with Crippen LogP contribution >= 0.6 is 11.3 Å². The minimum Gasteiger partial charge on any atom is -0.497 e. The molecule has 1 aromatic carbocycles. The van der Waals surface area contributed by atoms with E-state index >= 15 is 0 Å². The number of thiazole rings is 1. The molecule has 0 saturated heterocycles. The molecule has 3 aromatic rings. The Kier molecular flexibility index (Phi) is 9.12. The van der Waals surface area contributed by atoms with Gasteiger partial charge in [0.15, 0.2) is 0 Å². The van der Waals surface area contributed by atoms with Gasteiger partial charge in [-0.2, -0.15) is 13.2 Å². The summed E-state index contributed by atoms with van der Waals surface area (Å²) in [6.07, 6.45) is -5.88. The number of fused-ring (bicyclic) bond motifs is 1. The van der Waals surface area contributed by atoms with Crippen molar-refractivity contribution in [2.24, 2.45) is 0 Å². The molecule has 0 bridgehead atoms. The molecule has 0 spiro atoms. The highest BCUT2D eigenvalue weighted by Gasteiger charge is 2.40. The van der Waals surface area contributed by atoms with Gasteiger partial charge in [-0.1, -0.05) is 37.3 Å². The number of alkyl carbamates (subject to hydrolysis) is 1. The first kappa shape index (κ1) is 31.3. The molecule has 0 atom stereocenters. The summed E-state index contributed by atoms with van der Waals surface area (Å²) in [5.74, 6) is 0.110. The zero-order valence-corrected chi connectivity index (χ0v) is 24.8. The zero-order chi connectivity index (χ0) is 30.0. The Morgan fingerprint density at radius 1 is 1.07 bits per heavy atom. The molecule has 0 fully saturated rings. The predicted octanol–water partition coefficient (Wildman–Crippen LogP) is 6.47. The Labute approximate surface area is 235 Å². The number of esters is 1. The third-order valence-corrected chi connectivity index (χ3v) is 7.00. The van der Waals surface area contributed by atoms with Crippen LogP contribution < -0.4 is 10.1 Å². The summed E-state index contributed by atoms with van der Waals surface area (Å²) in [6, 6.07) is 7.13. The smallest absolute Gasteiger partial charge is 0.443 e. The highest BCUT2D eigenvalue weighted by Crippen LogP contribution is 2.43. The average Bonchev–Trinajstić information content (AvgIpc) is 3.35. The summed E-state index contributed by atoms with van der Waals surface area (Å²) in [5, 5.41) is 1.73. The molecule has 0 aliphatic carbocycles. The molecule has 1 amide bonds. The van der Waals surface area contributed by atoms with Crippen molar-refractivity contribution in [3.63, 3.8) is 0 Å². The number of nitrogens with zero attached hydrogens (tertiary/aromatic N) is 2. The Hall–Kier alpha value is -3.28. The maximum Gasteiger partial charge on any atom is 0.443 e. The van der Waals surface area contributed by atoms with Gasteiger partial charge < -0.3 is 24.1 Å². The lowest BCUT2D eigenvalue weighted by Crippen LogP contribution is -2.40. The van der Waals surface area contributed by atoms with Crippen molar-refractivity contribution in [2.45, 2.75) is 84.7 Å². The van der Waals surface area contributed by atoms with E-state index < -0.39 is 34.3 Å². The first-order valence-electron chi connectivity index (χ1n) is 12.8. The van der Waals surface area contributed by atoms with Crippen LogP contribution in [0.15, 0.2) is 24.3 Å². The molecule has 0 saturated carbocycles. The van der Waals surface area contributed by atoms with E-state index in [-0.39, 0.29) is 36.0 Å². The number of nitrogens with one attached hydrogen (secondary N) is 1. The molecule has 8 nitrogen and oxygen atoms in total. The number of hydrogen-bond donors (Lipinski definition) is 1. The molecule has 0 aliphatic heterocycles. The third-order valence-electron chi connectivity index (χ3n) is 5.88. The van der Waals surface area contributed by atoms with Crippen LogP contribution in [0.4, 0.5) is 18.0 Å². The normalized spacial score (nSPS) is 12.6. The van der Waals surface area contributed by atoms with E-state index in [1.165, 1.54) is 0 Å². The number of alkyl halides is 3. The van der Waals surface area contributed by atoms with E-state index in [2.05, 4.69) is 10.3 Å². The van der Waals surface area contributed by atoms with Gasteiger partial charge in [0.05, 0.1) is 19.6 Å². The van der Waals surface area contributed by atoms with Crippen LogP contribution in [-0.4, -0.2) is 47.0 Å². The summed E-state index contributed by atoms with van der Waals surface area (Å²) in [5.41, 5.74) is 0.152. The van der Waals surface area contributed by atoms with E-state index in [1.807, 2.05) is 12.1 Å². The fourth-order valence-corrected chi connectivity index (χ4v) is 5.25. The maximum absolute atomic E-state index is 13.8. The molecule has 2 heterocycles. The van der Waals surface area contributed by atoms with E-state index in [0.717, 1.165) is 5.56 Å². The SMILES string of the molecule is COc1ccc(Cn2c(CC(=O)OC(C)C)c(C(C)(C)CNC(=O)OC(C)(C)C)c3nc(C(F)(F)F)sc32)cc1. The van der Waals surface area contributed by atoms with Crippen molar-refractivity contribution in [3.05, 3.63) is 46.1 Å². The number of hydrogen-bond acceptors (Lipinski definition) is 7. The number of carbonyl (C=O) groups is 2. The van der Waals surface area contributed by atoms with Crippen LogP contribution in [0.25, 0.3) is 10.3 Å². The van der Waals surface area contributed by atoms with Crippen LogP contribution in [0.3, 0.4) is 0 Å². The van der Waals surface area contributed by atoms with E-state index in [4.69, 9.17) is 14.2 Å². The van der Waals surface area contributed by atoms with Gasteiger partial charge >= 0.3 is 18.2 Å². The number of carbonyl (C=O) groups excluding carboxylic acids is 2. The molecule has 2 aromatic heterocycles. The van der Waals surface area contributed by atoms with Gasteiger partial charge in [0, 0.05) is 29.8 Å². The monoisotopic (exact) mass is 583 g/mol. The van der Waals surface area contributed by atoms with Gasteiger partial charge in [-0.05, 0) is 52.3 Å². The number of rotatable bonds is 9. The van der Waals surface area contributed by atoms with Crippen LogP contribution in [0.2, 0.25) is 0 Å². The number of aromatic nitrogens is 2. The Balaban J connectivity index is 2.19. The third kappa shape index (κ3) is 7.67. The molecule has 12 heteroatoms. The van der Waals surface area contributed by atoms with Gasteiger partial charge in [-0.15, -0.1) is 0 Å². The first-order chi connectivity index (χ1) is 18.4. The lowest BCUT2D eigenvalue weighted by molar-refractivity contribution is -0.146. The van der Waals surface area contributed by atoms with Crippen LogP contribution in [0.1, 0.15) is 70.3 Å². The van der Waals surface area contributed by atoms with Crippen molar-refractivity contribution in [1.29, 1.82) is 0 Å². The maximum atomic E-state index is 13.8. The van der Waals surface area contributed by atoms with Gasteiger partial charge in [0.2, 0.25) is 5.01 Å². The van der Waals surface area contributed by atoms with Crippen molar-refractivity contribution < 1.29 is 37.0 Å². The molecule has 0 aliphatic rings. The average molecular weight is 584 g/mol. The summed E-state index contributed by atoms with van der Waals surface area (Å²) < 4.78 is 59.1. The van der Waals surface area contributed by atoms with Gasteiger partial charge in [-0.25, -0.2) is 9.78 Å². The van der Waals surface area contributed by atoms with Crippen LogP contribution in [0.5, 0.6) is 5.75 Å². The summed E-state index contributed by atoms with van der Waals surface area (Å²) in [7, 11) is 1.54. The van der Waals surface area contributed by atoms with Crippen LogP contribution in [0, 0.1) is 0 Å². The summed E-state index contributed by atoms with van der Waals surface area (Å²) in [4.78, 5) is 29.6. The number of halogens is 3. The van der Waals surface area contributed by atoms with E-state index in [1.54, 1.807) is 72.3 Å². The Bertz CT molecular complexity index is 1350. The number of amides is 1. The van der Waals surface area contributed by atoms with Gasteiger partial charge in [-0.3, -0.25) is 4.79 Å². The molecular formula is C28H36F3N3O5S. The zero-order valence-electron chi connectivity index (χ0n) is 24.0. The molecule has 1 N–H and O–H groups in total. The lowest BCUT2D eigenvalue weighted by Gasteiger charge is -2.28. The molecule has 3 rings (SSSR count). The second-order valence-corrected chi connectivity index (χ2v) is 12.4. The second-order valence-electron chi connectivity index (χ2n) is 11.4.